The van der Waals surface area contributed by atoms with Gasteiger partial charge in [-0.3, -0.25) is 19.9 Å². The van der Waals surface area contributed by atoms with Gasteiger partial charge in [-0.1, -0.05) is 84.9 Å². The predicted molar refractivity (Wildman–Crippen MR) is 223 cm³/mol. The Morgan fingerprint density at radius 2 is 0.709 bits per heavy atom. The van der Waals surface area contributed by atoms with Crippen molar-refractivity contribution in [3.05, 3.63) is 195 Å². The molecule has 0 fully saturated rings. The number of hydrogen-bond donors (Lipinski definition) is 0. The van der Waals surface area contributed by atoms with Gasteiger partial charge in [-0.25, -0.2) is 0 Å². The number of para-hydroxylation sites is 2. The lowest BCUT2D eigenvalue weighted by Crippen LogP contribution is -1.89. The first-order chi connectivity index (χ1) is 27.2. The van der Waals surface area contributed by atoms with Crippen LogP contribution >= 0.6 is 0 Å². The van der Waals surface area contributed by atoms with Crippen LogP contribution in [0.2, 0.25) is 0 Å². The quantitative estimate of drug-likeness (QED) is 0.165. The van der Waals surface area contributed by atoms with Crippen molar-refractivity contribution in [2.75, 3.05) is 0 Å². The van der Waals surface area contributed by atoms with Crippen molar-refractivity contribution in [2.24, 2.45) is 0 Å². The van der Waals surface area contributed by atoms with Crippen molar-refractivity contribution in [1.29, 1.82) is 0 Å². The minimum absolute atomic E-state index is 0.880. The number of rotatable bonds is 7. The number of hydrogen-bond acceptors (Lipinski definition) is 5. The number of fused-ring (bicyclic) bond motifs is 3. The fourth-order valence-corrected chi connectivity index (χ4v) is 7.43. The molecular formula is C50H32N4O. The fraction of sp³-hybridized carbons (Fsp3) is 0. The molecule has 0 N–H and O–H groups in total. The van der Waals surface area contributed by atoms with Crippen LogP contribution in [0.15, 0.2) is 200 Å². The summed E-state index contributed by atoms with van der Waals surface area (Å²) >= 11 is 0. The van der Waals surface area contributed by atoms with Gasteiger partial charge in [-0.05, 0) is 99.6 Å². The summed E-state index contributed by atoms with van der Waals surface area (Å²) in [7, 11) is 0. The lowest BCUT2D eigenvalue weighted by atomic mass is 9.90. The molecule has 0 atom stereocenters. The van der Waals surface area contributed by atoms with Crippen molar-refractivity contribution in [2.45, 2.75) is 0 Å². The molecule has 0 aliphatic heterocycles. The van der Waals surface area contributed by atoms with Gasteiger partial charge in [0.15, 0.2) is 0 Å². The molecule has 0 aliphatic rings. The number of aromatic nitrogens is 4. The molecule has 0 aliphatic carbocycles. The molecule has 0 radical (unpaired) electrons. The topological polar surface area (TPSA) is 64.7 Å². The van der Waals surface area contributed by atoms with Crippen LogP contribution < -0.4 is 0 Å². The first-order valence-corrected chi connectivity index (χ1v) is 18.2. The Labute approximate surface area is 318 Å². The zero-order valence-corrected chi connectivity index (χ0v) is 29.7. The van der Waals surface area contributed by atoms with Crippen molar-refractivity contribution < 1.29 is 4.42 Å². The van der Waals surface area contributed by atoms with Crippen LogP contribution in [0.3, 0.4) is 0 Å². The molecule has 5 heteroatoms. The van der Waals surface area contributed by atoms with Crippen LogP contribution in [0.25, 0.3) is 99.8 Å². The van der Waals surface area contributed by atoms with E-state index in [4.69, 9.17) is 4.42 Å². The van der Waals surface area contributed by atoms with E-state index in [-0.39, 0.29) is 0 Å². The second kappa shape index (κ2) is 13.8. The molecule has 0 amide bonds. The Bertz CT molecular complexity index is 2850. The Hall–Kier alpha value is -7.50. The fourth-order valence-electron chi connectivity index (χ4n) is 7.43. The van der Waals surface area contributed by atoms with Crippen LogP contribution in [0.5, 0.6) is 0 Å². The minimum atomic E-state index is 0.880. The molecule has 10 rings (SSSR count). The number of benzene rings is 5. The minimum Gasteiger partial charge on any atom is -0.455 e. The van der Waals surface area contributed by atoms with Gasteiger partial charge in [0.05, 0.1) is 0 Å². The van der Waals surface area contributed by atoms with E-state index in [1.165, 1.54) is 0 Å². The van der Waals surface area contributed by atoms with E-state index in [1.807, 2.05) is 61.4 Å². The maximum absolute atomic E-state index is 6.56. The van der Waals surface area contributed by atoms with Crippen LogP contribution in [0, 0.1) is 0 Å². The first-order valence-electron chi connectivity index (χ1n) is 18.2. The summed E-state index contributed by atoms with van der Waals surface area (Å²) in [5, 5.41) is 2.21. The molecule has 5 nitrogen and oxygen atoms in total. The lowest BCUT2D eigenvalue weighted by molar-refractivity contribution is 0.670. The van der Waals surface area contributed by atoms with Gasteiger partial charge in [-0.15, -0.1) is 0 Å². The van der Waals surface area contributed by atoms with Gasteiger partial charge in [0.1, 0.15) is 11.2 Å². The predicted octanol–water partition coefficient (Wildman–Crippen LogP) is 12.8. The van der Waals surface area contributed by atoms with Gasteiger partial charge in [-0.2, -0.15) is 0 Å². The van der Waals surface area contributed by atoms with Gasteiger partial charge < -0.3 is 4.42 Å². The van der Waals surface area contributed by atoms with E-state index in [0.29, 0.717) is 0 Å². The normalized spacial score (nSPS) is 11.3. The molecule has 5 heterocycles. The van der Waals surface area contributed by atoms with Gasteiger partial charge in [0, 0.05) is 99.3 Å². The maximum atomic E-state index is 6.56. The number of furan rings is 1. The highest BCUT2D eigenvalue weighted by Crippen LogP contribution is 2.40. The summed E-state index contributed by atoms with van der Waals surface area (Å²) in [6, 6.07) is 51.3. The Morgan fingerprint density at radius 3 is 1.27 bits per heavy atom. The average molecular weight is 705 g/mol. The van der Waals surface area contributed by atoms with Crippen LogP contribution in [-0.2, 0) is 0 Å². The third-order valence-corrected chi connectivity index (χ3v) is 10.2. The van der Waals surface area contributed by atoms with E-state index in [1.54, 1.807) is 12.4 Å². The van der Waals surface area contributed by atoms with Crippen molar-refractivity contribution in [1.82, 2.24) is 19.9 Å². The van der Waals surface area contributed by atoms with E-state index < -0.39 is 0 Å². The molecule has 258 valence electrons. The summed E-state index contributed by atoms with van der Waals surface area (Å²) in [6.07, 6.45) is 14.9. The molecule has 10 aromatic rings. The Balaban J connectivity index is 1.12. The summed E-state index contributed by atoms with van der Waals surface area (Å²) in [5.74, 6) is 0. The van der Waals surface area contributed by atoms with E-state index in [0.717, 1.165) is 99.8 Å². The zero-order valence-electron chi connectivity index (χ0n) is 29.7. The Kier molecular flexibility index (Phi) is 8.08. The number of nitrogens with zero attached hydrogens (tertiary/aromatic N) is 4. The molecule has 55 heavy (non-hydrogen) atoms. The summed E-state index contributed by atoms with van der Waals surface area (Å²) in [4.78, 5) is 17.8. The molecule has 0 saturated carbocycles. The molecular weight excluding hydrogens is 673 g/mol. The highest BCUT2D eigenvalue weighted by Gasteiger charge is 2.15. The van der Waals surface area contributed by atoms with E-state index >= 15 is 0 Å². The van der Waals surface area contributed by atoms with Crippen LogP contribution in [0.4, 0.5) is 0 Å². The molecule has 0 unspecified atom stereocenters. The molecule has 5 aromatic carbocycles. The van der Waals surface area contributed by atoms with Gasteiger partial charge in [0.25, 0.3) is 0 Å². The third-order valence-electron chi connectivity index (χ3n) is 10.2. The monoisotopic (exact) mass is 704 g/mol. The molecule has 0 saturated heterocycles. The number of pyridine rings is 4. The standard InChI is InChI=1S/C50H32N4O/c1-2-17-49-47(14-1)48-16-5-15-46(50(48)55-49)41-23-39(33-8-3-10-35(20-33)42-25-44(31-53-29-42)37-12-6-18-51-27-37)22-40(24-41)34-9-4-11-36(21-34)43-26-45(32-54-30-43)38-13-7-19-52-28-38/h1-32H. The van der Waals surface area contributed by atoms with Crippen molar-refractivity contribution >= 4 is 21.9 Å². The lowest BCUT2D eigenvalue weighted by Gasteiger charge is -2.14. The summed E-state index contributed by atoms with van der Waals surface area (Å²) in [6.45, 7) is 0. The average Bonchev–Trinajstić information content (AvgIpc) is 3.66. The first kappa shape index (κ1) is 32.2. The second-order valence-electron chi connectivity index (χ2n) is 13.6. The summed E-state index contributed by atoms with van der Waals surface area (Å²) in [5.41, 5.74) is 16.7. The van der Waals surface area contributed by atoms with Gasteiger partial charge >= 0.3 is 0 Å². The summed E-state index contributed by atoms with van der Waals surface area (Å²) < 4.78 is 6.56. The van der Waals surface area contributed by atoms with Crippen LogP contribution in [-0.4, -0.2) is 19.9 Å². The molecule has 0 bridgehead atoms. The van der Waals surface area contributed by atoms with Crippen molar-refractivity contribution in [3.8, 4) is 77.9 Å². The SMILES string of the molecule is c1cncc(-c2cncc(-c3cccc(-c4cc(-c5cccc(-c6cncc(-c7cccnc7)c6)c5)cc(-c5cccc6c5oc5ccccc56)c4)c3)c2)c1. The van der Waals surface area contributed by atoms with Crippen molar-refractivity contribution in [3.63, 3.8) is 0 Å². The van der Waals surface area contributed by atoms with E-state index in [9.17, 15) is 0 Å². The van der Waals surface area contributed by atoms with E-state index in [2.05, 4.69) is 141 Å². The maximum Gasteiger partial charge on any atom is 0.143 e. The largest absolute Gasteiger partial charge is 0.455 e. The highest BCUT2D eigenvalue weighted by atomic mass is 16.3. The molecule has 0 spiro atoms. The second-order valence-corrected chi connectivity index (χ2v) is 13.6. The third kappa shape index (κ3) is 6.24. The van der Waals surface area contributed by atoms with Gasteiger partial charge in [0.2, 0.25) is 0 Å². The molecule has 5 aromatic heterocycles. The highest BCUT2D eigenvalue weighted by molar-refractivity contribution is 6.10. The van der Waals surface area contributed by atoms with Crippen LogP contribution in [0.1, 0.15) is 0 Å². The Morgan fingerprint density at radius 1 is 0.291 bits per heavy atom. The zero-order chi connectivity index (χ0) is 36.6. The smallest absolute Gasteiger partial charge is 0.143 e.